The maximum absolute atomic E-state index is 13.1. The Hall–Kier alpha value is -2.64. The topological polar surface area (TPSA) is 84.9 Å². The molecule has 0 radical (unpaired) electrons. The maximum atomic E-state index is 13.1. The highest BCUT2D eigenvalue weighted by Crippen LogP contribution is 2.13. The molecule has 0 unspecified atom stereocenters. The van der Waals surface area contributed by atoms with E-state index in [1.807, 2.05) is 0 Å². The predicted molar refractivity (Wildman–Crippen MR) is 97.3 cm³/mol. The van der Waals surface area contributed by atoms with Gasteiger partial charge in [0.1, 0.15) is 23.5 Å². The second-order valence-corrected chi connectivity index (χ2v) is 7.16. The van der Waals surface area contributed by atoms with E-state index < -0.39 is 41.5 Å². The molecule has 0 bridgehead atoms. The normalized spacial score (nSPS) is 13.3. The second kappa shape index (κ2) is 9.34. The molecule has 7 nitrogen and oxygen atoms in total. The van der Waals surface area contributed by atoms with Gasteiger partial charge in [0.2, 0.25) is 5.91 Å². The molecule has 0 spiro atoms. The molecule has 0 saturated heterocycles. The third kappa shape index (κ3) is 7.24. The van der Waals surface area contributed by atoms with E-state index in [1.54, 1.807) is 20.8 Å². The monoisotopic (exact) mass is 382 g/mol. The van der Waals surface area contributed by atoms with Crippen LogP contribution in [-0.4, -0.2) is 47.7 Å². The lowest BCUT2D eigenvalue weighted by Gasteiger charge is -2.30. The molecule has 0 fully saturated rings. The molecule has 0 aromatic heterocycles. The van der Waals surface area contributed by atoms with Gasteiger partial charge in [-0.3, -0.25) is 4.79 Å². The molecule has 0 heterocycles. The van der Waals surface area contributed by atoms with Crippen molar-refractivity contribution in [2.24, 2.45) is 0 Å². The molecule has 1 rings (SSSR count). The van der Waals surface area contributed by atoms with Gasteiger partial charge >= 0.3 is 12.1 Å². The summed E-state index contributed by atoms with van der Waals surface area (Å²) in [5, 5.41) is 2.46. The lowest BCUT2D eigenvalue weighted by atomic mass is 10.1. The van der Waals surface area contributed by atoms with E-state index in [1.165, 1.54) is 50.1 Å². The third-order valence-corrected chi connectivity index (χ3v) is 3.66. The van der Waals surface area contributed by atoms with Crippen LogP contribution in [0.4, 0.5) is 9.18 Å². The molecule has 0 aliphatic rings. The lowest BCUT2D eigenvalue weighted by molar-refractivity contribution is -0.153. The maximum Gasteiger partial charge on any atom is 0.408 e. The smallest absolute Gasteiger partial charge is 0.408 e. The quantitative estimate of drug-likeness (QED) is 0.765. The zero-order valence-corrected chi connectivity index (χ0v) is 16.5. The zero-order valence-electron chi connectivity index (χ0n) is 16.5. The summed E-state index contributed by atoms with van der Waals surface area (Å²) in [5.74, 6) is -1.50. The molecule has 0 aliphatic heterocycles. The highest BCUT2D eigenvalue weighted by atomic mass is 19.1. The fraction of sp³-hybridized carbons (Fsp3) is 0.526. The summed E-state index contributed by atoms with van der Waals surface area (Å²) in [5.41, 5.74) is -0.0788. The number of hydrogen-bond donors (Lipinski definition) is 1. The van der Waals surface area contributed by atoms with Gasteiger partial charge < -0.3 is 19.7 Å². The predicted octanol–water partition coefficient (Wildman–Crippen LogP) is 2.63. The Balaban J connectivity index is 2.96. The number of hydrogen-bond acceptors (Lipinski definition) is 5. The molecular formula is C19H27FN2O5. The summed E-state index contributed by atoms with van der Waals surface area (Å²) in [6, 6.07) is 3.74. The zero-order chi connectivity index (χ0) is 20.8. The van der Waals surface area contributed by atoms with Gasteiger partial charge in [0.05, 0.1) is 7.11 Å². The minimum absolute atomic E-state index is 0.0513. The molecule has 1 aromatic carbocycles. The molecular weight excluding hydrogens is 355 g/mol. The van der Waals surface area contributed by atoms with Crippen molar-refractivity contribution in [2.75, 3.05) is 7.11 Å². The fourth-order valence-electron chi connectivity index (χ4n) is 2.28. The van der Waals surface area contributed by atoms with Crippen LogP contribution < -0.4 is 5.32 Å². The Kier molecular flexibility index (Phi) is 7.75. The number of carbonyl (C=O) groups is 3. The van der Waals surface area contributed by atoms with Crippen molar-refractivity contribution in [3.8, 4) is 0 Å². The largest absolute Gasteiger partial charge is 0.467 e. The Bertz CT molecular complexity index is 670. The summed E-state index contributed by atoms with van der Waals surface area (Å²) in [6.07, 6.45) is -0.740. The second-order valence-electron chi connectivity index (χ2n) is 7.16. The molecule has 27 heavy (non-hydrogen) atoms. The highest BCUT2D eigenvalue weighted by molar-refractivity contribution is 5.89. The first-order valence-corrected chi connectivity index (χ1v) is 8.57. The Morgan fingerprint density at radius 2 is 1.70 bits per heavy atom. The van der Waals surface area contributed by atoms with Crippen molar-refractivity contribution < 1.29 is 28.2 Å². The van der Waals surface area contributed by atoms with E-state index in [0.717, 1.165) is 0 Å². The molecule has 8 heteroatoms. The number of esters is 1. The van der Waals surface area contributed by atoms with Crippen molar-refractivity contribution in [3.05, 3.63) is 35.6 Å². The van der Waals surface area contributed by atoms with Gasteiger partial charge in [0.15, 0.2) is 0 Å². The molecule has 0 saturated carbocycles. The van der Waals surface area contributed by atoms with Crippen LogP contribution in [-0.2, 0) is 25.6 Å². The van der Waals surface area contributed by atoms with E-state index in [9.17, 15) is 18.8 Å². The average Bonchev–Trinajstić information content (AvgIpc) is 2.57. The molecule has 2 atom stereocenters. The van der Waals surface area contributed by atoms with Crippen LogP contribution in [0.15, 0.2) is 24.3 Å². The summed E-state index contributed by atoms with van der Waals surface area (Å²) in [4.78, 5) is 38.0. The van der Waals surface area contributed by atoms with Crippen molar-refractivity contribution in [3.63, 3.8) is 0 Å². The Morgan fingerprint density at radius 3 is 2.19 bits per heavy atom. The van der Waals surface area contributed by atoms with Gasteiger partial charge in [0, 0.05) is 6.54 Å². The highest BCUT2D eigenvalue weighted by Gasteiger charge is 2.31. The summed E-state index contributed by atoms with van der Waals surface area (Å²) >= 11 is 0. The van der Waals surface area contributed by atoms with E-state index in [4.69, 9.17) is 9.47 Å². The van der Waals surface area contributed by atoms with Gasteiger partial charge in [-0.15, -0.1) is 0 Å². The first-order valence-electron chi connectivity index (χ1n) is 8.57. The van der Waals surface area contributed by atoms with Gasteiger partial charge in [-0.1, -0.05) is 12.1 Å². The Labute approximate surface area is 158 Å². The number of nitrogens with one attached hydrogen (secondary N) is 1. The van der Waals surface area contributed by atoms with Crippen LogP contribution in [0.2, 0.25) is 0 Å². The molecule has 1 aromatic rings. The number of ether oxygens (including phenoxy) is 2. The first kappa shape index (κ1) is 22.4. The molecule has 150 valence electrons. The van der Waals surface area contributed by atoms with E-state index in [2.05, 4.69) is 5.32 Å². The number of methoxy groups -OCH3 is 1. The van der Waals surface area contributed by atoms with Crippen LogP contribution in [0.25, 0.3) is 0 Å². The number of amides is 2. The number of rotatable bonds is 6. The van der Waals surface area contributed by atoms with Crippen molar-refractivity contribution in [1.29, 1.82) is 0 Å². The molecule has 0 aliphatic carbocycles. The minimum Gasteiger partial charge on any atom is -0.467 e. The van der Waals surface area contributed by atoms with Crippen LogP contribution in [0.3, 0.4) is 0 Å². The van der Waals surface area contributed by atoms with Crippen molar-refractivity contribution in [2.45, 2.75) is 58.8 Å². The number of nitrogens with zero attached hydrogens (tertiary/aromatic N) is 1. The average molecular weight is 382 g/mol. The number of halogens is 1. The van der Waals surface area contributed by atoms with Crippen molar-refractivity contribution >= 4 is 18.0 Å². The van der Waals surface area contributed by atoms with Crippen LogP contribution in [0.5, 0.6) is 0 Å². The summed E-state index contributed by atoms with van der Waals surface area (Å²) < 4.78 is 23.0. The van der Waals surface area contributed by atoms with Gasteiger partial charge in [-0.2, -0.15) is 0 Å². The lowest BCUT2D eigenvalue weighted by Crippen LogP contribution is -2.52. The molecule has 2 amide bonds. The minimum atomic E-state index is -0.938. The standard InChI is InChI=1S/C19H27FN2O5/c1-12(21-18(25)27-19(3,4)5)16(23)22(13(2)17(24)26-6)11-14-7-9-15(20)10-8-14/h7-10,12-13H,11H2,1-6H3,(H,21,25)/t12-,13-/m1/s1. The van der Waals surface area contributed by atoms with E-state index in [-0.39, 0.29) is 6.54 Å². The molecule has 1 N–H and O–H groups in total. The van der Waals surface area contributed by atoms with E-state index in [0.29, 0.717) is 5.56 Å². The fourth-order valence-corrected chi connectivity index (χ4v) is 2.28. The first-order chi connectivity index (χ1) is 12.4. The van der Waals surface area contributed by atoms with Gasteiger partial charge in [-0.25, -0.2) is 14.0 Å². The van der Waals surface area contributed by atoms with Crippen LogP contribution in [0.1, 0.15) is 40.2 Å². The third-order valence-electron chi connectivity index (χ3n) is 3.66. The van der Waals surface area contributed by atoms with Gasteiger partial charge in [0.25, 0.3) is 0 Å². The summed E-state index contributed by atoms with van der Waals surface area (Å²) in [6.45, 7) is 8.19. The number of alkyl carbamates (subject to hydrolysis) is 1. The summed E-state index contributed by atoms with van der Waals surface area (Å²) in [7, 11) is 1.22. The Morgan fingerprint density at radius 1 is 1.15 bits per heavy atom. The van der Waals surface area contributed by atoms with Crippen LogP contribution in [0, 0.1) is 5.82 Å². The number of carbonyl (C=O) groups excluding carboxylic acids is 3. The van der Waals surface area contributed by atoms with Gasteiger partial charge in [-0.05, 0) is 52.3 Å². The number of benzene rings is 1. The SMILES string of the molecule is COC(=O)[C@@H](C)N(Cc1ccc(F)cc1)C(=O)[C@@H](C)NC(=O)OC(C)(C)C. The van der Waals surface area contributed by atoms with Crippen LogP contribution >= 0.6 is 0 Å². The van der Waals surface area contributed by atoms with E-state index >= 15 is 0 Å². The van der Waals surface area contributed by atoms with Crippen molar-refractivity contribution in [1.82, 2.24) is 10.2 Å².